The van der Waals surface area contributed by atoms with E-state index in [1.807, 2.05) is 0 Å². The predicted octanol–water partition coefficient (Wildman–Crippen LogP) is 4.10. The van der Waals surface area contributed by atoms with E-state index in [1.165, 1.54) is 49.4 Å². The highest BCUT2D eigenvalue weighted by molar-refractivity contribution is 7.91. The fourth-order valence-electron chi connectivity index (χ4n) is 2.22. The van der Waals surface area contributed by atoms with Crippen molar-refractivity contribution in [3.63, 3.8) is 0 Å². The predicted molar refractivity (Wildman–Crippen MR) is 85.9 cm³/mol. The van der Waals surface area contributed by atoms with E-state index in [1.54, 1.807) is 0 Å². The average molecular weight is 349 g/mol. The number of aromatic nitrogens is 1. The van der Waals surface area contributed by atoms with E-state index in [9.17, 15) is 17.2 Å². The number of pyridine rings is 1. The monoisotopic (exact) mass is 349 g/mol. The first-order valence-electron chi connectivity index (χ1n) is 7.15. The molecule has 0 atom stereocenters. The summed E-state index contributed by atoms with van der Waals surface area (Å²) >= 11 is 0. The lowest BCUT2D eigenvalue weighted by atomic mass is 10.1. The quantitative estimate of drug-likeness (QED) is 0.712. The first-order chi connectivity index (χ1) is 11.4. The average Bonchev–Trinajstić information content (AvgIpc) is 2.58. The summed E-state index contributed by atoms with van der Waals surface area (Å²) in [5.74, 6) is -1.38. The third-order valence-corrected chi connectivity index (χ3v) is 5.26. The summed E-state index contributed by atoms with van der Waals surface area (Å²) in [6.07, 6.45) is 1.15. The van der Waals surface area contributed by atoms with Crippen LogP contribution in [0.4, 0.5) is 8.78 Å². The van der Waals surface area contributed by atoms with Crippen molar-refractivity contribution in [1.29, 1.82) is 0 Å². The topological polar surface area (TPSA) is 56.3 Å². The van der Waals surface area contributed by atoms with E-state index < -0.39 is 21.5 Å². The van der Waals surface area contributed by atoms with Gasteiger partial charge in [0, 0.05) is 17.6 Å². The summed E-state index contributed by atoms with van der Waals surface area (Å²) in [5, 5.41) is 0.875. The summed E-state index contributed by atoms with van der Waals surface area (Å²) < 4.78 is 56.5. The van der Waals surface area contributed by atoms with Crippen LogP contribution in [0.15, 0.2) is 53.6 Å². The second-order valence-electron chi connectivity index (χ2n) is 5.08. The van der Waals surface area contributed by atoms with Crippen molar-refractivity contribution in [3.05, 3.63) is 60.3 Å². The number of sulfone groups is 1. The van der Waals surface area contributed by atoms with Crippen LogP contribution in [-0.2, 0) is 9.84 Å². The van der Waals surface area contributed by atoms with Gasteiger partial charge in [0.2, 0.25) is 5.88 Å². The normalized spacial score (nSPS) is 11.6. The van der Waals surface area contributed by atoms with E-state index in [2.05, 4.69) is 4.98 Å². The fourth-order valence-corrected chi connectivity index (χ4v) is 3.05. The molecule has 0 spiro atoms. The van der Waals surface area contributed by atoms with Gasteiger partial charge < -0.3 is 4.74 Å². The molecule has 4 nitrogen and oxygen atoms in total. The Hall–Kier alpha value is -2.54. The minimum atomic E-state index is -3.38. The number of rotatable bonds is 4. The second-order valence-corrected chi connectivity index (χ2v) is 7.36. The van der Waals surface area contributed by atoms with Crippen LogP contribution >= 0.6 is 0 Å². The third-order valence-electron chi connectivity index (χ3n) is 3.54. The zero-order chi connectivity index (χ0) is 17.3. The zero-order valence-electron chi connectivity index (χ0n) is 12.7. The first-order valence-corrected chi connectivity index (χ1v) is 8.80. The van der Waals surface area contributed by atoms with Crippen molar-refractivity contribution in [2.24, 2.45) is 0 Å². The molecule has 3 aromatic rings. The van der Waals surface area contributed by atoms with Crippen LogP contribution < -0.4 is 4.74 Å². The molecular formula is C17H13F2NO3S. The van der Waals surface area contributed by atoms with Gasteiger partial charge in [0.05, 0.1) is 10.6 Å². The van der Waals surface area contributed by atoms with Gasteiger partial charge in [-0.15, -0.1) is 0 Å². The number of hydrogen-bond acceptors (Lipinski definition) is 4. The highest BCUT2D eigenvalue weighted by Gasteiger charge is 2.14. The van der Waals surface area contributed by atoms with Crippen molar-refractivity contribution in [1.82, 2.24) is 4.98 Å². The molecule has 7 heteroatoms. The Labute approximate surface area is 137 Å². The molecule has 0 saturated heterocycles. The number of fused-ring (bicyclic) bond motifs is 1. The Kier molecular flexibility index (Phi) is 4.19. The summed E-state index contributed by atoms with van der Waals surface area (Å²) in [5.41, 5.74) is 0. The maximum absolute atomic E-state index is 14.1. The number of ether oxygens (including phenoxy) is 1. The van der Waals surface area contributed by atoms with Gasteiger partial charge in [-0.1, -0.05) is 19.1 Å². The van der Waals surface area contributed by atoms with Crippen molar-refractivity contribution in [2.45, 2.75) is 11.8 Å². The fraction of sp³-hybridized carbons (Fsp3) is 0.118. The second kappa shape index (κ2) is 6.16. The Balaban J connectivity index is 2.01. The maximum Gasteiger partial charge on any atom is 0.219 e. The summed E-state index contributed by atoms with van der Waals surface area (Å²) in [7, 11) is -3.38. The van der Waals surface area contributed by atoms with E-state index in [-0.39, 0.29) is 27.7 Å². The van der Waals surface area contributed by atoms with Gasteiger partial charge in [-0.2, -0.15) is 0 Å². The molecule has 0 saturated carbocycles. The van der Waals surface area contributed by atoms with Crippen LogP contribution in [0.3, 0.4) is 0 Å². The van der Waals surface area contributed by atoms with Crippen LogP contribution in [0, 0.1) is 11.6 Å². The summed E-state index contributed by atoms with van der Waals surface area (Å²) in [4.78, 5) is 3.95. The van der Waals surface area contributed by atoms with Gasteiger partial charge >= 0.3 is 0 Å². The van der Waals surface area contributed by atoms with Crippen molar-refractivity contribution < 1.29 is 21.9 Å². The van der Waals surface area contributed by atoms with E-state index >= 15 is 0 Å². The largest absolute Gasteiger partial charge is 0.435 e. The van der Waals surface area contributed by atoms with Crippen LogP contribution in [0.5, 0.6) is 11.6 Å². The highest BCUT2D eigenvalue weighted by atomic mass is 32.2. The van der Waals surface area contributed by atoms with Crippen LogP contribution in [0.25, 0.3) is 10.8 Å². The van der Waals surface area contributed by atoms with E-state index in [4.69, 9.17) is 4.74 Å². The molecule has 0 aliphatic carbocycles. The van der Waals surface area contributed by atoms with Crippen LogP contribution in [0.1, 0.15) is 6.92 Å². The van der Waals surface area contributed by atoms with Crippen molar-refractivity contribution >= 4 is 20.6 Å². The Morgan fingerprint density at radius 1 is 1.08 bits per heavy atom. The molecule has 124 valence electrons. The number of hydrogen-bond donors (Lipinski definition) is 0. The molecule has 0 radical (unpaired) electrons. The molecule has 0 aliphatic heterocycles. The maximum atomic E-state index is 14.1. The van der Waals surface area contributed by atoms with Gasteiger partial charge in [-0.3, -0.25) is 0 Å². The van der Waals surface area contributed by atoms with Gasteiger partial charge in [-0.05, 0) is 29.7 Å². The molecule has 0 amide bonds. The van der Waals surface area contributed by atoms with Gasteiger partial charge in [-0.25, -0.2) is 22.2 Å². The molecule has 2 aromatic carbocycles. The van der Waals surface area contributed by atoms with E-state index in [0.29, 0.717) is 5.39 Å². The smallest absolute Gasteiger partial charge is 0.219 e. The molecule has 3 rings (SSSR count). The third kappa shape index (κ3) is 3.07. The van der Waals surface area contributed by atoms with Gasteiger partial charge in [0.15, 0.2) is 21.4 Å². The lowest BCUT2D eigenvalue weighted by Gasteiger charge is -2.10. The molecule has 0 bridgehead atoms. The Morgan fingerprint density at radius 3 is 2.50 bits per heavy atom. The van der Waals surface area contributed by atoms with Crippen LogP contribution in [0.2, 0.25) is 0 Å². The van der Waals surface area contributed by atoms with Gasteiger partial charge in [0.1, 0.15) is 5.82 Å². The lowest BCUT2D eigenvalue weighted by Crippen LogP contribution is -2.04. The van der Waals surface area contributed by atoms with Gasteiger partial charge in [0.25, 0.3) is 0 Å². The summed E-state index contributed by atoms with van der Waals surface area (Å²) in [6, 6.07) is 9.36. The van der Waals surface area contributed by atoms with Crippen LogP contribution in [-0.4, -0.2) is 19.2 Å². The highest BCUT2D eigenvalue weighted by Crippen LogP contribution is 2.32. The molecule has 1 aromatic heterocycles. The number of halogens is 2. The van der Waals surface area contributed by atoms with Crippen molar-refractivity contribution in [3.8, 4) is 11.6 Å². The van der Waals surface area contributed by atoms with E-state index in [0.717, 1.165) is 6.20 Å². The van der Waals surface area contributed by atoms with Crippen molar-refractivity contribution in [2.75, 3.05) is 5.75 Å². The Morgan fingerprint density at radius 2 is 1.83 bits per heavy atom. The lowest BCUT2D eigenvalue weighted by molar-refractivity contribution is 0.432. The molecular weight excluding hydrogens is 336 g/mol. The zero-order valence-corrected chi connectivity index (χ0v) is 13.5. The standard InChI is InChI=1S/C17H13F2NO3S/c1-2-24(21,22)13-6-8-16(20-10-13)23-17-14-9-12(18)5-3-11(14)4-7-15(17)19/h3-10H,2H2,1H3. The minimum Gasteiger partial charge on any atom is -0.435 e. The molecule has 24 heavy (non-hydrogen) atoms. The first kappa shape index (κ1) is 16.3. The Bertz CT molecular complexity index is 997. The number of nitrogens with zero attached hydrogens (tertiary/aromatic N) is 1. The molecule has 1 heterocycles. The number of benzene rings is 2. The summed E-state index contributed by atoms with van der Waals surface area (Å²) in [6.45, 7) is 1.53. The SMILES string of the molecule is CCS(=O)(=O)c1ccc(Oc2c(F)ccc3ccc(F)cc23)nc1. The molecule has 0 unspecified atom stereocenters. The minimum absolute atomic E-state index is 0.0146. The molecule has 0 fully saturated rings. The molecule has 0 aliphatic rings. The molecule has 0 N–H and O–H groups in total.